The van der Waals surface area contributed by atoms with Crippen LogP contribution in [0.15, 0.2) is 42.7 Å². The van der Waals surface area contributed by atoms with E-state index in [0.717, 1.165) is 5.56 Å². The second-order valence-electron chi connectivity index (χ2n) is 3.67. The molecule has 18 heavy (non-hydrogen) atoms. The lowest BCUT2D eigenvalue weighted by molar-refractivity contribution is 0.305. The summed E-state index contributed by atoms with van der Waals surface area (Å²) < 4.78 is 5.63. The molecule has 5 heteroatoms. The Bertz CT molecular complexity index is 572. The SMILES string of the molecule is N=C(N)c1ccccc1OCc1ccncc1Cl. The first-order valence-corrected chi connectivity index (χ1v) is 5.71. The van der Waals surface area contributed by atoms with Gasteiger partial charge in [0.25, 0.3) is 0 Å². The van der Waals surface area contributed by atoms with Crippen LogP contribution in [0.25, 0.3) is 0 Å². The van der Waals surface area contributed by atoms with Gasteiger partial charge in [-0.2, -0.15) is 0 Å². The van der Waals surface area contributed by atoms with Crippen LogP contribution in [0, 0.1) is 5.41 Å². The quantitative estimate of drug-likeness (QED) is 0.656. The number of aromatic nitrogens is 1. The minimum Gasteiger partial charge on any atom is -0.488 e. The molecule has 1 aromatic heterocycles. The Balaban J connectivity index is 2.16. The van der Waals surface area contributed by atoms with Gasteiger partial charge in [0.05, 0.1) is 10.6 Å². The maximum atomic E-state index is 7.46. The molecule has 0 bridgehead atoms. The zero-order valence-electron chi connectivity index (χ0n) is 9.56. The molecule has 1 heterocycles. The number of benzene rings is 1. The van der Waals surface area contributed by atoms with Crippen molar-refractivity contribution in [3.63, 3.8) is 0 Å². The van der Waals surface area contributed by atoms with Crippen molar-refractivity contribution in [3.05, 3.63) is 58.9 Å². The largest absolute Gasteiger partial charge is 0.488 e. The Hall–Kier alpha value is -2.07. The van der Waals surface area contributed by atoms with Crippen molar-refractivity contribution in [3.8, 4) is 5.75 Å². The van der Waals surface area contributed by atoms with Gasteiger partial charge in [-0.15, -0.1) is 0 Å². The molecule has 4 nitrogen and oxygen atoms in total. The molecular formula is C13H12ClN3O. The molecule has 0 unspecified atom stereocenters. The predicted octanol–water partition coefficient (Wildman–Crippen LogP) is 2.60. The highest BCUT2D eigenvalue weighted by Gasteiger charge is 2.07. The maximum Gasteiger partial charge on any atom is 0.130 e. The minimum absolute atomic E-state index is 0.0218. The molecule has 0 aliphatic rings. The first-order chi connectivity index (χ1) is 8.68. The number of halogens is 1. The van der Waals surface area contributed by atoms with E-state index in [1.54, 1.807) is 30.6 Å². The van der Waals surface area contributed by atoms with Crippen LogP contribution in [0.4, 0.5) is 0 Å². The Morgan fingerprint density at radius 3 is 2.83 bits per heavy atom. The van der Waals surface area contributed by atoms with Crippen molar-refractivity contribution in [2.45, 2.75) is 6.61 Å². The third-order valence-electron chi connectivity index (χ3n) is 2.42. The van der Waals surface area contributed by atoms with Crippen molar-refractivity contribution < 1.29 is 4.74 Å². The molecule has 0 aliphatic heterocycles. The van der Waals surface area contributed by atoms with E-state index in [1.807, 2.05) is 12.1 Å². The van der Waals surface area contributed by atoms with E-state index in [2.05, 4.69) is 4.98 Å². The van der Waals surface area contributed by atoms with E-state index >= 15 is 0 Å². The van der Waals surface area contributed by atoms with Crippen molar-refractivity contribution in [2.24, 2.45) is 5.73 Å². The Kier molecular flexibility index (Phi) is 3.79. The Morgan fingerprint density at radius 2 is 2.11 bits per heavy atom. The number of nitrogen functional groups attached to an aromatic ring is 1. The molecule has 0 radical (unpaired) electrons. The molecule has 3 N–H and O–H groups in total. The topological polar surface area (TPSA) is 72.0 Å². The van der Waals surface area contributed by atoms with Crippen LogP contribution in [0.5, 0.6) is 5.75 Å². The molecule has 2 aromatic rings. The highest BCUT2D eigenvalue weighted by molar-refractivity contribution is 6.31. The van der Waals surface area contributed by atoms with E-state index in [0.29, 0.717) is 22.9 Å². The van der Waals surface area contributed by atoms with Gasteiger partial charge in [0.2, 0.25) is 0 Å². The zero-order chi connectivity index (χ0) is 13.0. The molecule has 0 saturated carbocycles. The lowest BCUT2D eigenvalue weighted by Gasteiger charge is -2.10. The van der Waals surface area contributed by atoms with Crippen molar-refractivity contribution >= 4 is 17.4 Å². The van der Waals surface area contributed by atoms with Gasteiger partial charge < -0.3 is 10.5 Å². The molecule has 0 atom stereocenters. The van der Waals surface area contributed by atoms with Crippen LogP contribution >= 0.6 is 11.6 Å². The third-order valence-corrected chi connectivity index (χ3v) is 2.76. The highest BCUT2D eigenvalue weighted by Crippen LogP contribution is 2.20. The van der Waals surface area contributed by atoms with Gasteiger partial charge in [-0.3, -0.25) is 10.4 Å². The van der Waals surface area contributed by atoms with Crippen molar-refractivity contribution in [2.75, 3.05) is 0 Å². The summed E-state index contributed by atoms with van der Waals surface area (Å²) in [4.78, 5) is 3.90. The smallest absolute Gasteiger partial charge is 0.130 e. The molecular weight excluding hydrogens is 250 g/mol. The van der Waals surface area contributed by atoms with Gasteiger partial charge in [0.15, 0.2) is 0 Å². The van der Waals surface area contributed by atoms with Crippen LogP contribution in [0.1, 0.15) is 11.1 Å². The third kappa shape index (κ3) is 2.78. The summed E-state index contributed by atoms with van der Waals surface area (Å²) in [6, 6.07) is 8.94. The van der Waals surface area contributed by atoms with Crippen LogP contribution in [-0.2, 0) is 6.61 Å². The summed E-state index contributed by atoms with van der Waals surface area (Å²) in [7, 11) is 0. The number of para-hydroxylation sites is 1. The number of rotatable bonds is 4. The summed E-state index contributed by atoms with van der Waals surface area (Å²) in [5.74, 6) is 0.546. The van der Waals surface area contributed by atoms with Gasteiger partial charge in [0.1, 0.15) is 18.2 Å². The van der Waals surface area contributed by atoms with Gasteiger partial charge in [-0.1, -0.05) is 23.7 Å². The fourth-order valence-corrected chi connectivity index (χ4v) is 1.67. The standard InChI is InChI=1S/C13H12ClN3O/c14-11-7-17-6-5-9(11)8-18-12-4-2-1-3-10(12)13(15)16/h1-7H,8H2,(H3,15,16). The number of nitrogens with one attached hydrogen (secondary N) is 1. The van der Waals surface area contributed by atoms with E-state index in [1.165, 1.54) is 0 Å². The number of ether oxygens (including phenoxy) is 1. The van der Waals surface area contributed by atoms with Crippen LogP contribution in [0.2, 0.25) is 5.02 Å². The maximum absolute atomic E-state index is 7.46. The summed E-state index contributed by atoms with van der Waals surface area (Å²) in [6.07, 6.45) is 3.22. The molecule has 92 valence electrons. The lowest BCUT2D eigenvalue weighted by atomic mass is 10.2. The number of nitrogens with two attached hydrogens (primary N) is 1. The summed E-state index contributed by atoms with van der Waals surface area (Å²) >= 11 is 5.98. The lowest BCUT2D eigenvalue weighted by Crippen LogP contribution is -2.13. The van der Waals surface area contributed by atoms with Gasteiger partial charge in [-0.05, 0) is 18.2 Å². The van der Waals surface area contributed by atoms with Crippen LogP contribution in [-0.4, -0.2) is 10.8 Å². The van der Waals surface area contributed by atoms with Gasteiger partial charge in [-0.25, -0.2) is 0 Å². The fraction of sp³-hybridized carbons (Fsp3) is 0.0769. The van der Waals surface area contributed by atoms with Gasteiger partial charge >= 0.3 is 0 Å². The van der Waals surface area contributed by atoms with Crippen molar-refractivity contribution in [1.82, 2.24) is 4.98 Å². The fourth-order valence-electron chi connectivity index (χ4n) is 1.49. The minimum atomic E-state index is -0.0218. The van der Waals surface area contributed by atoms with E-state index < -0.39 is 0 Å². The Labute approximate surface area is 110 Å². The normalized spacial score (nSPS) is 10.1. The van der Waals surface area contributed by atoms with E-state index in [9.17, 15) is 0 Å². The average molecular weight is 262 g/mol. The highest BCUT2D eigenvalue weighted by atomic mass is 35.5. The molecule has 0 spiro atoms. The monoisotopic (exact) mass is 261 g/mol. The average Bonchev–Trinajstić information content (AvgIpc) is 2.38. The van der Waals surface area contributed by atoms with E-state index in [-0.39, 0.29) is 5.84 Å². The number of pyridine rings is 1. The Morgan fingerprint density at radius 1 is 1.33 bits per heavy atom. The first kappa shape index (κ1) is 12.4. The summed E-state index contributed by atoms with van der Waals surface area (Å²) in [5.41, 5.74) is 6.89. The molecule has 2 rings (SSSR count). The number of amidine groups is 1. The summed E-state index contributed by atoms with van der Waals surface area (Å²) in [5, 5.41) is 8.02. The molecule has 0 fully saturated rings. The first-order valence-electron chi connectivity index (χ1n) is 5.33. The number of nitrogens with zero attached hydrogens (tertiary/aromatic N) is 1. The molecule has 0 saturated heterocycles. The van der Waals surface area contributed by atoms with E-state index in [4.69, 9.17) is 27.5 Å². The van der Waals surface area contributed by atoms with Crippen molar-refractivity contribution in [1.29, 1.82) is 5.41 Å². The second-order valence-corrected chi connectivity index (χ2v) is 4.07. The van der Waals surface area contributed by atoms with Crippen LogP contribution < -0.4 is 10.5 Å². The number of hydrogen-bond acceptors (Lipinski definition) is 3. The van der Waals surface area contributed by atoms with Gasteiger partial charge in [0, 0.05) is 18.0 Å². The molecule has 0 amide bonds. The predicted molar refractivity (Wildman–Crippen MR) is 71.0 cm³/mol. The second kappa shape index (κ2) is 5.51. The van der Waals surface area contributed by atoms with Crippen LogP contribution in [0.3, 0.4) is 0 Å². The molecule has 0 aliphatic carbocycles. The zero-order valence-corrected chi connectivity index (χ0v) is 10.3. The number of hydrogen-bond donors (Lipinski definition) is 2. The molecule has 1 aromatic carbocycles. The summed E-state index contributed by atoms with van der Waals surface area (Å²) in [6.45, 7) is 0.311.